The van der Waals surface area contributed by atoms with Crippen molar-refractivity contribution < 1.29 is 5.11 Å². The fourth-order valence-electron chi connectivity index (χ4n) is 2.51. The highest BCUT2D eigenvalue weighted by Gasteiger charge is 2.27. The summed E-state index contributed by atoms with van der Waals surface area (Å²) >= 11 is 0. The number of benzene rings is 1. The molecule has 1 aromatic rings. The fourth-order valence-corrected chi connectivity index (χ4v) is 2.51. The Morgan fingerprint density at radius 3 is 2.81 bits per heavy atom. The van der Waals surface area contributed by atoms with E-state index >= 15 is 0 Å². The molecule has 1 saturated heterocycles. The normalized spacial score (nSPS) is 23.1. The van der Waals surface area contributed by atoms with Gasteiger partial charge in [0.15, 0.2) is 0 Å². The summed E-state index contributed by atoms with van der Waals surface area (Å²) in [6.07, 6.45) is 3.11. The number of anilines is 2. The molecule has 0 unspecified atom stereocenters. The van der Waals surface area contributed by atoms with Crippen LogP contribution in [0.3, 0.4) is 0 Å². The summed E-state index contributed by atoms with van der Waals surface area (Å²) in [6.45, 7) is 2.85. The van der Waals surface area contributed by atoms with Crippen molar-refractivity contribution in [2.24, 2.45) is 0 Å². The molecule has 0 amide bonds. The number of hydrogen-bond donors (Lipinski definition) is 2. The number of para-hydroxylation sites is 2. The van der Waals surface area contributed by atoms with Crippen LogP contribution < -0.4 is 10.6 Å². The number of aliphatic hydroxyl groups excluding tert-OH is 1. The first-order valence-electron chi connectivity index (χ1n) is 5.99. The molecule has 3 nitrogen and oxygen atoms in total. The lowest BCUT2D eigenvalue weighted by atomic mass is 9.97. The molecule has 88 valence electrons. The maximum Gasteiger partial charge on any atom is 0.0715 e. The Balaban J connectivity index is 2.27. The molecule has 0 aliphatic carbocycles. The predicted molar refractivity (Wildman–Crippen MR) is 67.5 cm³/mol. The molecule has 3 N–H and O–H groups in total. The van der Waals surface area contributed by atoms with Crippen LogP contribution in [0.4, 0.5) is 11.4 Å². The smallest absolute Gasteiger partial charge is 0.0715 e. The monoisotopic (exact) mass is 220 g/mol. The van der Waals surface area contributed by atoms with E-state index in [1.54, 1.807) is 0 Å². The van der Waals surface area contributed by atoms with E-state index in [0.717, 1.165) is 24.3 Å². The molecule has 0 bridgehead atoms. The Bertz CT molecular complexity index is 352. The number of nitrogens with two attached hydrogens (primary N) is 1. The third kappa shape index (κ3) is 2.14. The summed E-state index contributed by atoms with van der Waals surface area (Å²) in [7, 11) is 0. The summed E-state index contributed by atoms with van der Waals surface area (Å²) in [5, 5.41) is 9.82. The van der Waals surface area contributed by atoms with Gasteiger partial charge in [-0.1, -0.05) is 12.1 Å². The molecule has 0 saturated carbocycles. The van der Waals surface area contributed by atoms with Crippen LogP contribution in [0.5, 0.6) is 0 Å². The molecular weight excluding hydrogens is 200 g/mol. The number of aliphatic hydroxyl groups is 1. The van der Waals surface area contributed by atoms with Gasteiger partial charge in [0.2, 0.25) is 0 Å². The topological polar surface area (TPSA) is 49.5 Å². The molecule has 0 spiro atoms. The van der Waals surface area contributed by atoms with E-state index in [4.69, 9.17) is 5.73 Å². The van der Waals surface area contributed by atoms with Gasteiger partial charge < -0.3 is 15.7 Å². The Morgan fingerprint density at radius 1 is 1.38 bits per heavy atom. The van der Waals surface area contributed by atoms with Crippen molar-refractivity contribution >= 4 is 11.4 Å². The van der Waals surface area contributed by atoms with Crippen molar-refractivity contribution in [1.82, 2.24) is 0 Å². The van der Waals surface area contributed by atoms with Crippen molar-refractivity contribution in [3.05, 3.63) is 24.3 Å². The molecule has 1 aliphatic heterocycles. The molecule has 16 heavy (non-hydrogen) atoms. The van der Waals surface area contributed by atoms with Crippen LogP contribution in [-0.4, -0.2) is 23.8 Å². The maximum atomic E-state index is 9.82. The molecule has 2 atom stereocenters. The molecule has 0 radical (unpaired) electrons. The van der Waals surface area contributed by atoms with Gasteiger partial charge in [0.1, 0.15) is 0 Å². The highest BCUT2D eigenvalue weighted by atomic mass is 16.3. The Labute approximate surface area is 96.9 Å². The number of rotatable bonds is 2. The van der Waals surface area contributed by atoms with Gasteiger partial charge in [-0.2, -0.15) is 0 Å². The molecule has 3 heteroatoms. The quantitative estimate of drug-likeness (QED) is 0.750. The average molecular weight is 220 g/mol. The van der Waals surface area contributed by atoms with E-state index in [9.17, 15) is 5.11 Å². The van der Waals surface area contributed by atoms with E-state index in [2.05, 4.69) is 4.90 Å². The third-order valence-corrected chi connectivity index (χ3v) is 3.35. The van der Waals surface area contributed by atoms with Crippen molar-refractivity contribution in [1.29, 1.82) is 0 Å². The Morgan fingerprint density at radius 2 is 2.12 bits per heavy atom. The molecule has 2 rings (SSSR count). The molecule has 0 aromatic heterocycles. The lowest BCUT2D eigenvalue weighted by Gasteiger charge is -2.39. The summed E-state index contributed by atoms with van der Waals surface area (Å²) in [5.41, 5.74) is 7.85. The van der Waals surface area contributed by atoms with Crippen molar-refractivity contribution in [2.75, 3.05) is 17.2 Å². The highest BCUT2D eigenvalue weighted by molar-refractivity contribution is 5.68. The summed E-state index contributed by atoms with van der Waals surface area (Å²) < 4.78 is 0. The third-order valence-electron chi connectivity index (χ3n) is 3.35. The van der Waals surface area contributed by atoms with Gasteiger partial charge in [-0.25, -0.2) is 0 Å². The van der Waals surface area contributed by atoms with Gasteiger partial charge in [0, 0.05) is 6.54 Å². The van der Waals surface area contributed by atoms with Crippen molar-refractivity contribution in [3.8, 4) is 0 Å². The van der Waals surface area contributed by atoms with Crippen LogP contribution in [0.15, 0.2) is 24.3 Å². The second kappa shape index (κ2) is 4.74. The van der Waals surface area contributed by atoms with Crippen LogP contribution in [0.1, 0.15) is 26.2 Å². The van der Waals surface area contributed by atoms with Gasteiger partial charge in [-0.3, -0.25) is 0 Å². The zero-order valence-electron chi connectivity index (χ0n) is 9.76. The van der Waals surface area contributed by atoms with Crippen LogP contribution in [0, 0.1) is 0 Å². The minimum absolute atomic E-state index is 0.207. The SMILES string of the molecule is C[C@H](O)[C@H]1CCCCN1c1ccccc1N. The van der Waals surface area contributed by atoms with Gasteiger partial charge >= 0.3 is 0 Å². The van der Waals surface area contributed by atoms with E-state index in [1.165, 1.54) is 12.8 Å². The van der Waals surface area contributed by atoms with Gasteiger partial charge in [0.05, 0.1) is 23.5 Å². The first kappa shape index (κ1) is 11.3. The van der Waals surface area contributed by atoms with Crippen molar-refractivity contribution in [2.45, 2.75) is 38.3 Å². The summed E-state index contributed by atoms with van der Waals surface area (Å²) in [4.78, 5) is 2.25. The second-order valence-electron chi connectivity index (χ2n) is 4.56. The standard InChI is InChI=1S/C13H20N2O/c1-10(16)12-7-4-5-9-15(12)13-8-3-2-6-11(13)14/h2-3,6,8,10,12,16H,4-5,7,9,14H2,1H3/t10-,12+/m0/s1. The summed E-state index contributed by atoms with van der Waals surface area (Å²) in [6, 6.07) is 8.11. The minimum Gasteiger partial charge on any atom is -0.397 e. The number of nitrogens with zero attached hydrogens (tertiary/aromatic N) is 1. The van der Waals surface area contributed by atoms with Crippen LogP contribution in [-0.2, 0) is 0 Å². The second-order valence-corrected chi connectivity index (χ2v) is 4.56. The Kier molecular flexibility index (Phi) is 3.34. The summed E-state index contributed by atoms with van der Waals surface area (Å²) in [5.74, 6) is 0. The average Bonchev–Trinajstić information content (AvgIpc) is 2.29. The first-order valence-corrected chi connectivity index (χ1v) is 5.99. The Hall–Kier alpha value is -1.22. The van der Waals surface area contributed by atoms with Crippen LogP contribution in [0.2, 0.25) is 0 Å². The van der Waals surface area contributed by atoms with Crippen LogP contribution >= 0.6 is 0 Å². The van der Waals surface area contributed by atoms with Gasteiger partial charge in [-0.15, -0.1) is 0 Å². The first-order chi connectivity index (χ1) is 7.70. The lowest BCUT2D eigenvalue weighted by molar-refractivity contribution is 0.146. The van der Waals surface area contributed by atoms with E-state index in [1.807, 2.05) is 31.2 Å². The molecule has 1 fully saturated rings. The fraction of sp³-hybridized carbons (Fsp3) is 0.538. The highest BCUT2D eigenvalue weighted by Crippen LogP contribution is 2.30. The van der Waals surface area contributed by atoms with Gasteiger partial charge in [-0.05, 0) is 38.3 Å². The van der Waals surface area contributed by atoms with E-state index < -0.39 is 0 Å². The minimum atomic E-state index is -0.306. The molecular formula is C13H20N2O. The lowest BCUT2D eigenvalue weighted by Crippen LogP contribution is -2.46. The molecule has 1 aliphatic rings. The number of nitrogen functional groups attached to an aromatic ring is 1. The molecule has 1 heterocycles. The van der Waals surface area contributed by atoms with E-state index in [0.29, 0.717) is 0 Å². The van der Waals surface area contributed by atoms with Crippen LogP contribution in [0.25, 0.3) is 0 Å². The maximum absolute atomic E-state index is 9.82. The number of hydrogen-bond acceptors (Lipinski definition) is 3. The number of piperidine rings is 1. The zero-order valence-corrected chi connectivity index (χ0v) is 9.76. The predicted octanol–water partition coefficient (Wildman–Crippen LogP) is 2.01. The van der Waals surface area contributed by atoms with E-state index in [-0.39, 0.29) is 12.1 Å². The molecule has 1 aromatic carbocycles. The zero-order chi connectivity index (χ0) is 11.5. The largest absolute Gasteiger partial charge is 0.397 e. The van der Waals surface area contributed by atoms with Gasteiger partial charge in [0.25, 0.3) is 0 Å². The van der Waals surface area contributed by atoms with Crippen molar-refractivity contribution in [3.63, 3.8) is 0 Å².